The van der Waals surface area contributed by atoms with Crippen LogP contribution in [0.5, 0.6) is 0 Å². The molecule has 0 bridgehead atoms. The van der Waals surface area contributed by atoms with Crippen molar-refractivity contribution in [2.24, 2.45) is 0 Å². The molecule has 10 rings (SSSR count). The highest BCUT2D eigenvalue weighted by Crippen LogP contribution is 2.44. The third-order valence-electron chi connectivity index (χ3n) is 8.95. The van der Waals surface area contributed by atoms with E-state index in [2.05, 4.69) is 120 Å². The van der Waals surface area contributed by atoms with Crippen LogP contribution in [0.1, 0.15) is 0 Å². The average Bonchev–Trinajstić information content (AvgIpc) is 3.68. The smallest absolute Gasteiger partial charge is 0.143 e. The van der Waals surface area contributed by atoms with Crippen molar-refractivity contribution in [1.29, 1.82) is 0 Å². The van der Waals surface area contributed by atoms with Crippen LogP contribution in [0.3, 0.4) is 0 Å². The molecule has 0 aliphatic heterocycles. The molecule has 0 saturated heterocycles. The van der Waals surface area contributed by atoms with Gasteiger partial charge in [0.15, 0.2) is 0 Å². The van der Waals surface area contributed by atoms with E-state index >= 15 is 0 Å². The van der Waals surface area contributed by atoms with Crippen LogP contribution in [-0.2, 0) is 0 Å². The lowest BCUT2D eigenvalue weighted by atomic mass is 9.94. The van der Waals surface area contributed by atoms with Crippen molar-refractivity contribution in [1.82, 2.24) is 14.4 Å². The Kier molecular flexibility index (Phi) is 4.69. The van der Waals surface area contributed by atoms with E-state index in [-0.39, 0.29) is 0 Å². The lowest BCUT2D eigenvalue weighted by Crippen LogP contribution is -1.92. The molecular formula is C40H23N3O. The fraction of sp³-hybridized carbons (Fsp3) is 0. The van der Waals surface area contributed by atoms with Crippen molar-refractivity contribution in [2.75, 3.05) is 0 Å². The minimum atomic E-state index is 0.899. The van der Waals surface area contributed by atoms with E-state index in [1.807, 2.05) is 24.3 Å². The third kappa shape index (κ3) is 3.22. The molecule has 0 spiro atoms. The van der Waals surface area contributed by atoms with Crippen LogP contribution in [0.15, 0.2) is 144 Å². The number of furan rings is 1. The fourth-order valence-corrected chi connectivity index (χ4v) is 6.99. The first kappa shape index (κ1) is 23.6. The van der Waals surface area contributed by atoms with E-state index in [1.54, 1.807) is 0 Å². The summed E-state index contributed by atoms with van der Waals surface area (Å²) in [5.41, 5.74) is 9.70. The van der Waals surface area contributed by atoms with E-state index in [4.69, 9.17) is 14.4 Å². The van der Waals surface area contributed by atoms with Crippen LogP contribution in [-0.4, -0.2) is 14.4 Å². The maximum absolute atomic E-state index is 6.74. The van der Waals surface area contributed by atoms with Crippen molar-refractivity contribution >= 4 is 71.1 Å². The highest BCUT2D eigenvalue weighted by Gasteiger charge is 2.20. The normalized spacial score (nSPS) is 12.1. The van der Waals surface area contributed by atoms with Crippen molar-refractivity contribution in [3.05, 3.63) is 140 Å². The van der Waals surface area contributed by atoms with Gasteiger partial charge in [0.05, 0.1) is 16.7 Å². The lowest BCUT2D eigenvalue weighted by Gasteiger charge is -2.11. The van der Waals surface area contributed by atoms with Gasteiger partial charge >= 0.3 is 0 Å². The van der Waals surface area contributed by atoms with Gasteiger partial charge < -0.3 is 4.42 Å². The number of rotatable bonds is 2. The van der Waals surface area contributed by atoms with Crippen molar-refractivity contribution < 1.29 is 4.42 Å². The number of imidazole rings is 1. The summed E-state index contributed by atoms with van der Waals surface area (Å²) in [6.45, 7) is 0. The van der Waals surface area contributed by atoms with Gasteiger partial charge in [0.2, 0.25) is 0 Å². The van der Waals surface area contributed by atoms with Gasteiger partial charge in [0.25, 0.3) is 0 Å². The molecule has 4 heterocycles. The number of aromatic nitrogens is 3. The number of fused-ring (bicyclic) bond motifs is 12. The summed E-state index contributed by atoms with van der Waals surface area (Å²) in [6.07, 6.45) is 2.07. The van der Waals surface area contributed by atoms with Crippen LogP contribution in [0.4, 0.5) is 0 Å². The molecule has 4 nitrogen and oxygen atoms in total. The number of hydrogen-bond acceptors (Lipinski definition) is 3. The van der Waals surface area contributed by atoms with Crippen LogP contribution in [0.2, 0.25) is 0 Å². The second-order valence-electron chi connectivity index (χ2n) is 11.4. The summed E-state index contributed by atoms with van der Waals surface area (Å²) >= 11 is 0. The maximum Gasteiger partial charge on any atom is 0.143 e. The average molecular weight is 562 g/mol. The first-order valence-electron chi connectivity index (χ1n) is 14.8. The fourth-order valence-electron chi connectivity index (χ4n) is 6.99. The summed E-state index contributed by atoms with van der Waals surface area (Å²) in [5, 5.41) is 8.16. The van der Waals surface area contributed by atoms with Gasteiger partial charge in [0, 0.05) is 33.5 Å². The first-order chi connectivity index (χ1) is 21.8. The minimum Gasteiger partial charge on any atom is -0.455 e. The number of para-hydroxylation sites is 1. The highest BCUT2D eigenvalue weighted by molar-refractivity contribution is 6.28. The summed E-state index contributed by atoms with van der Waals surface area (Å²) in [4.78, 5) is 10.3. The van der Waals surface area contributed by atoms with Crippen LogP contribution < -0.4 is 0 Å². The van der Waals surface area contributed by atoms with Crippen molar-refractivity contribution in [2.45, 2.75) is 0 Å². The van der Waals surface area contributed by atoms with Crippen LogP contribution in [0, 0.1) is 0 Å². The first-order valence-corrected chi connectivity index (χ1v) is 14.8. The SMILES string of the molecule is c1cc(-c2cc3ccccc3c3c2oc2ccc4ccccc4c23)cc(-c2nc3ccccc3c3nc4ccccn4c23)c1. The van der Waals surface area contributed by atoms with E-state index in [1.165, 1.54) is 21.5 Å². The molecule has 6 aromatic carbocycles. The highest BCUT2D eigenvalue weighted by atomic mass is 16.3. The molecule has 0 unspecified atom stereocenters. The van der Waals surface area contributed by atoms with E-state index in [0.717, 1.165) is 71.9 Å². The summed E-state index contributed by atoms with van der Waals surface area (Å²) < 4.78 is 8.89. The number of hydrogen-bond donors (Lipinski definition) is 0. The van der Waals surface area contributed by atoms with E-state index in [0.29, 0.717) is 0 Å². The van der Waals surface area contributed by atoms with Crippen LogP contribution >= 0.6 is 0 Å². The Morgan fingerprint density at radius 2 is 1.30 bits per heavy atom. The molecular weight excluding hydrogens is 538 g/mol. The lowest BCUT2D eigenvalue weighted by molar-refractivity contribution is 0.670. The molecule has 4 aromatic heterocycles. The Hall–Kier alpha value is -6.00. The van der Waals surface area contributed by atoms with E-state index < -0.39 is 0 Å². The van der Waals surface area contributed by atoms with E-state index in [9.17, 15) is 0 Å². The maximum atomic E-state index is 6.74. The molecule has 0 amide bonds. The molecule has 44 heavy (non-hydrogen) atoms. The molecule has 0 atom stereocenters. The van der Waals surface area contributed by atoms with Crippen LogP contribution in [0.25, 0.3) is 93.5 Å². The zero-order valence-electron chi connectivity index (χ0n) is 23.5. The van der Waals surface area contributed by atoms with Gasteiger partial charge in [-0.15, -0.1) is 0 Å². The predicted molar refractivity (Wildman–Crippen MR) is 181 cm³/mol. The number of benzene rings is 6. The molecule has 0 aliphatic carbocycles. The monoisotopic (exact) mass is 561 g/mol. The standard InChI is InChI=1S/C40H23N3O/c1-3-14-28-24(10-1)19-20-33-35(28)36-29-15-4-2-11-26(29)23-31(40(36)44-33)25-12-9-13-27(22-25)37-39-38(30-16-5-6-17-32(30)41-37)42-34-18-7-8-21-43(34)39/h1-23H. The second kappa shape index (κ2) is 8.76. The van der Waals surface area contributed by atoms with Gasteiger partial charge in [-0.2, -0.15) is 0 Å². The molecule has 0 N–H and O–H groups in total. The molecule has 4 heteroatoms. The Balaban J connectivity index is 1.30. The molecule has 0 aliphatic rings. The molecule has 0 fully saturated rings. The van der Waals surface area contributed by atoms with Gasteiger partial charge in [0.1, 0.15) is 22.3 Å². The largest absolute Gasteiger partial charge is 0.455 e. The quantitative estimate of drug-likeness (QED) is 0.211. The second-order valence-corrected chi connectivity index (χ2v) is 11.4. The molecule has 204 valence electrons. The van der Waals surface area contributed by atoms with Crippen molar-refractivity contribution in [3.8, 4) is 22.4 Å². The zero-order chi connectivity index (χ0) is 28.8. The predicted octanol–water partition coefficient (Wildman–Crippen LogP) is 10.6. The minimum absolute atomic E-state index is 0.899. The third-order valence-corrected chi connectivity index (χ3v) is 8.95. The van der Waals surface area contributed by atoms with Crippen molar-refractivity contribution in [3.63, 3.8) is 0 Å². The molecule has 10 aromatic rings. The van der Waals surface area contributed by atoms with Gasteiger partial charge in [-0.05, 0) is 63.5 Å². The Morgan fingerprint density at radius 3 is 2.20 bits per heavy atom. The topological polar surface area (TPSA) is 43.3 Å². The zero-order valence-corrected chi connectivity index (χ0v) is 23.5. The van der Waals surface area contributed by atoms with Gasteiger partial charge in [-0.1, -0.05) is 97.1 Å². The Morgan fingerprint density at radius 1 is 0.545 bits per heavy atom. The Bertz CT molecular complexity index is 2790. The summed E-state index contributed by atoms with van der Waals surface area (Å²) in [6, 6.07) is 46.7. The number of pyridine rings is 2. The summed E-state index contributed by atoms with van der Waals surface area (Å²) in [7, 11) is 0. The van der Waals surface area contributed by atoms with Gasteiger partial charge in [-0.25, -0.2) is 9.97 Å². The Labute approximate surface area is 251 Å². The molecule has 0 saturated carbocycles. The molecule has 0 radical (unpaired) electrons. The number of nitrogens with zero attached hydrogens (tertiary/aromatic N) is 3. The van der Waals surface area contributed by atoms with Gasteiger partial charge in [-0.3, -0.25) is 4.40 Å². The summed E-state index contributed by atoms with van der Waals surface area (Å²) in [5.74, 6) is 0.